The highest BCUT2D eigenvalue weighted by Gasteiger charge is 2.32. The van der Waals surface area contributed by atoms with Gasteiger partial charge in [-0.05, 0) is 6.07 Å². The number of para-hydroxylation sites is 1. The molecule has 0 bridgehead atoms. The van der Waals surface area contributed by atoms with Crippen LogP contribution in [0.1, 0.15) is 18.5 Å². The molecule has 0 radical (unpaired) electrons. The molecule has 1 aliphatic heterocycles. The lowest BCUT2D eigenvalue weighted by molar-refractivity contribution is -0.113. The molecule has 2 aromatic rings. The molecule has 1 saturated heterocycles. The maximum absolute atomic E-state index is 6.15. The van der Waals surface area contributed by atoms with Crippen molar-refractivity contribution >= 4 is 10.9 Å². The maximum atomic E-state index is 6.15. The van der Waals surface area contributed by atoms with Gasteiger partial charge in [0.1, 0.15) is 0 Å². The predicted molar refractivity (Wildman–Crippen MR) is 77.3 cm³/mol. The molecule has 5 nitrogen and oxygen atoms in total. The molecule has 0 unspecified atom stereocenters. The van der Waals surface area contributed by atoms with Crippen LogP contribution in [0.4, 0.5) is 0 Å². The van der Waals surface area contributed by atoms with E-state index in [0.29, 0.717) is 13.2 Å². The van der Waals surface area contributed by atoms with Crippen LogP contribution in [0, 0.1) is 0 Å². The molecule has 2 heterocycles. The molecule has 20 heavy (non-hydrogen) atoms. The Bertz CT molecular complexity index is 588. The summed E-state index contributed by atoms with van der Waals surface area (Å²) in [5.74, 6) is 0. The van der Waals surface area contributed by atoms with Gasteiger partial charge < -0.3 is 15.2 Å². The molecule has 0 amide bonds. The van der Waals surface area contributed by atoms with Crippen molar-refractivity contribution < 1.29 is 9.47 Å². The van der Waals surface area contributed by atoms with Gasteiger partial charge in [0.2, 0.25) is 0 Å². The second kappa shape index (κ2) is 5.52. The first-order chi connectivity index (χ1) is 9.74. The van der Waals surface area contributed by atoms with Gasteiger partial charge in [-0.25, -0.2) is 0 Å². The van der Waals surface area contributed by atoms with Gasteiger partial charge in [0, 0.05) is 45.0 Å². The number of rotatable bonds is 4. The molecule has 3 rings (SSSR count). The molecule has 1 aromatic heterocycles. The van der Waals surface area contributed by atoms with Crippen molar-refractivity contribution in [3.63, 3.8) is 0 Å². The first-order valence-corrected chi connectivity index (χ1v) is 7.06. The molecule has 1 aliphatic rings. The van der Waals surface area contributed by atoms with Gasteiger partial charge in [-0.1, -0.05) is 18.2 Å². The van der Waals surface area contributed by atoms with Crippen LogP contribution >= 0.6 is 0 Å². The summed E-state index contributed by atoms with van der Waals surface area (Å²) in [4.78, 5) is 0. The van der Waals surface area contributed by atoms with Crippen molar-refractivity contribution in [3.05, 3.63) is 30.0 Å². The number of fused-ring (bicyclic) bond motifs is 1. The van der Waals surface area contributed by atoms with E-state index in [0.717, 1.165) is 42.7 Å². The highest BCUT2D eigenvalue weighted by Crippen LogP contribution is 2.27. The van der Waals surface area contributed by atoms with Crippen molar-refractivity contribution in [1.82, 2.24) is 9.78 Å². The van der Waals surface area contributed by atoms with E-state index in [1.54, 1.807) is 0 Å². The number of benzene rings is 1. The van der Waals surface area contributed by atoms with Gasteiger partial charge in [0.05, 0.1) is 23.4 Å². The van der Waals surface area contributed by atoms with Crippen molar-refractivity contribution in [2.75, 3.05) is 19.8 Å². The molecule has 1 aromatic carbocycles. The van der Waals surface area contributed by atoms with Crippen LogP contribution in [-0.2, 0) is 23.1 Å². The van der Waals surface area contributed by atoms with Crippen LogP contribution < -0.4 is 5.73 Å². The first kappa shape index (κ1) is 13.5. The summed E-state index contributed by atoms with van der Waals surface area (Å²) < 4.78 is 13.4. The van der Waals surface area contributed by atoms with Crippen molar-refractivity contribution in [1.29, 1.82) is 0 Å². The molecule has 2 N–H and O–H groups in total. The summed E-state index contributed by atoms with van der Waals surface area (Å²) in [6.07, 6.45) is 1.71. The SMILES string of the molecule is Cn1nc(COC2(CN)CCOCC2)c2ccccc21. The Morgan fingerprint density at radius 2 is 2.10 bits per heavy atom. The lowest BCUT2D eigenvalue weighted by Gasteiger charge is -2.35. The van der Waals surface area contributed by atoms with Crippen LogP contribution in [0.5, 0.6) is 0 Å². The largest absolute Gasteiger partial charge is 0.381 e. The van der Waals surface area contributed by atoms with E-state index in [9.17, 15) is 0 Å². The summed E-state index contributed by atoms with van der Waals surface area (Å²) >= 11 is 0. The topological polar surface area (TPSA) is 62.3 Å². The lowest BCUT2D eigenvalue weighted by Crippen LogP contribution is -2.45. The van der Waals surface area contributed by atoms with Crippen molar-refractivity contribution in [2.45, 2.75) is 25.0 Å². The molecular weight excluding hydrogens is 254 g/mol. The fourth-order valence-electron chi connectivity index (χ4n) is 2.77. The highest BCUT2D eigenvalue weighted by atomic mass is 16.5. The molecule has 5 heteroatoms. The van der Waals surface area contributed by atoms with Crippen LogP contribution in [0.25, 0.3) is 10.9 Å². The summed E-state index contributed by atoms with van der Waals surface area (Å²) in [6, 6.07) is 8.20. The summed E-state index contributed by atoms with van der Waals surface area (Å²) in [6.45, 7) is 2.47. The van der Waals surface area contributed by atoms with E-state index in [2.05, 4.69) is 17.2 Å². The number of nitrogens with two attached hydrogens (primary N) is 1. The fraction of sp³-hybridized carbons (Fsp3) is 0.533. The van der Waals surface area contributed by atoms with E-state index in [4.69, 9.17) is 15.2 Å². The number of aromatic nitrogens is 2. The van der Waals surface area contributed by atoms with Crippen molar-refractivity contribution in [2.24, 2.45) is 12.8 Å². The van der Waals surface area contributed by atoms with E-state index >= 15 is 0 Å². The standard InChI is InChI=1S/C15H21N3O2/c1-18-14-5-3-2-4-12(14)13(17-18)10-20-15(11-16)6-8-19-9-7-15/h2-5H,6-11,16H2,1H3. The molecule has 1 fully saturated rings. The molecule has 0 saturated carbocycles. The number of aryl methyl sites for hydroxylation is 1. The maximum Gasteiger partial charge on any atom is 0.0960 e. The number of ether oxygens (including phenoxy) is 2. The van der Waals surface area contributed by atoms with Gasteiger partial charge in [-0.2, -0.15) is 5.10 Å². The number of hydrogen-bond acceptors (Lipinski definition) is 4. The van der Waals surface area contributed by atoms with Gasteiger partial charge in [0.15, 0.2) is 0 Å². The Hall–Kier alpha value is -1.43. The molecule has 108 valence electrons. The van der Waals surface area contributed by atoms with E-state index in [1.807, 2.05) is 23.9 Å². The van der Waals surface area contributed by atoms with E-state index in [1.165, 1.54) is 0 Å². The van der Waals surface area contributed by atoms with Crippen LogP contribution in [0.2, 0.25) is 0 Å². The first-order valence-electron chi connectivity index (χ1n) is 7.06. The molecular formula is C15H21N3O2. The molecule has 0 atom stereocenters. The summed E-state index contributed by atoms with van der Waals surface area (Å²) in [5, 5.41) is 5.71. The Morgan fingerprint density at radius 1 is 1.35 bits per heavy atom. The zero-order valence-corrected chi connectivity index (χ0v) is 11.8. The third kappa shape index (κ3) is 2.44. The average Bonchev–Trinajstić information content (AvgIpc) is 2.83. The Morgan fingerprint density at radius 3 is 2.85 bits per heavy atom. The third-order valence-electron chi connectivity index (χ3n) is 4.13. The quantitative estimate of drug-likeness (QED) is 0.920. The normalized spacial score (nSPS) is 18.5. The summed E-state index contributed by atoms with van der Waals surface area (Å²) in [5.41, 5.74) is 7.76. The smallest absolute Gasteiger partial charge is 0.0960 e. The van der Waals surface area contributed by atoms with Crippen LogP contribution in [0.3, 0.4) is 0 Å². The number of hydrogen-bond donors (Lipinski definition) is 1. The fourth-order valence-corrected chi connectivity index (χ4v) is 2.77. The highest BCUT2D eigenvalue weighted by molar-refractivity contribution is 5.81. The summed E-state index contributed by atoms with van der Waals surface area (Å²) in [7, 11) is 1.96. The van der Waals surface area contributed by atoms with Gasteiger partial charge in [-0.3, -0.25) is 4.68 Å². The Kier molecular flexibility index (Phi) is 3.74. The van der Waals surface area contributed by atoms with Crippen molar-refractivity contribution in [3.8, 4) is 0 Å². The zero-order valence-electron chi connectivity index (χ0n) is 11.8. The minimum atomic E-state index is -0.253. The third-order valence-corrected chi connectivity index (χ3v) is 4.13. The van der Waals surface area contributed by atoms with Gasteiger partial charge >= 0.3 is 0 Å². The zero-order chi connectivity index (χ0) is 14.0. The molecule has 0 aliphatic carbocycles. The second-order valence-electron chi connectivity index (χ2n) is 5.38. The van der Waals surface area contributed by atoms with Crippen LogP contribution in [-0.4, -0.2) is 35.1 Å². The predicted octanol–water partition coefficient (Wildman–Crippen LogP) is 1.60. The van der Waals surface area contributed by atoms with Gasteiger partial charge in [-0.15, -0.1) is 0 Å². The monoisotopic (exact) mass is 275 g/mol. The van der Waals surface area contributed by atoms with Gasteiger partial charge in [0.25, 0.3) is 0 Å². The Labute approximate surface area is 118 Å². The molecule has 0 spiro atoms. The van der Waals surface area contributed by atoms with Crippen LogP contribution in [0.15, 0.2) is 24.3 Å². The minimum absolute atomic E-state index is 0.253. The minimum Gasteiger partial charge on any atom is -0.381 e. The Balaban J connectivity index is 1.79. The number of nitrogens with zero attached hydrogens (tertiary/aromatic N) is 2. The average molecular weight is 275 g/mol. The lowest BCUT2D eigenvalue weighted by atomic mass is 9.94. The second-order valence-corrected chi connectivity index (χ2v) is 5.38. The van der Waals surface area contributed by atoms with E-state index in [-0.39, 0.29) is 5.60 Å². The van der Waals surface area contributed by atoms with E-state index < -0.39 is 0 Å².